The molecule has 0 radical (unpaired) electrons. The summed E-state index contributed by atoms with van der Waals surface area (Å²) in [6, 6.07) is 4.62. The zero-order chi connectivity index (χ0) is 13.6. The van der Waals surface area contributed by atoms with Crippen LogP contribution in [-0.2, 0) is 0 Å². The topological polar surface area (TPSA) is 33.6 Å². The van der Waals surface area contributed by atoms with Crippen LogP contribution >= 0.6 is 23.6 Å². The molecule has 0 amide bonds. The van der Waals surface area contributed by atoms with Gasteiger partial charge in [-0.1, -0.05) is 0 Å². The van der Waals surface area contributed by atoms with Crippen LogP contribution in [-0.4, -0.2) is 14.5 Å². The third-order valence-corrected chi connectivity index (χ3v) is 4.45. The molecule has 0 fully saturated rings. The average Bonchev–Trinajstić information content (AvgIpc) is 2.91. The summed E-state index contributed by atoms with van der Waals surface area (Å²) >= 11 is 6.97. The first-order valence-electron chi connectivity index (χ1n) is 5.88. The Kier molecular flexibility index (Phi) is 2.99. The molecule has 0 bridgehead atoms. The fraction of sp³-hybridized carbons (Fsp3) is 0.231. The number of aromatic amines is 1. The molecule has 0 saturated carbocycles. The molecule has 1 unspecified atom stereocenters. The lowest BCUT2D eigenvalue weighted by atomic mass is 10.3. The van der Waals surface area contributed by atoms with E-state index in [0.717, 1.165) is 20.9 Å². The van der Waals surface area contributed by atoms with Crippen LogP contribution in [0.3, 0.4) is 0 Å². The number of nitrogens with one attached hydrogen (secondary N) is 1. The minimum absolute atomic E-state index is 0.0123. The number of aromatic nitrogens is 3. The number of hydrogen-bond acceptors (Lipinski definition) is 3. The monoisotopic (exact) mass is 293 g/mol. The number of nitrogens with zero attached hydrogens (tertiary/aromatic N) is 2. The standard InChI is InChI=1S/C13H12FN3S2/c1-7-6-15-12(19-7)8(2)17-11-5-9(14)3-4-10(11)16-13(17)18/h3-6,8H,1-2H3,(H,16,18). The maximum atomic E-state index is 13.4. The number of halogens is 1. The number of fused-ring (bicyclic) bond motifs is 1. The Morgan fingerprint density at radius 2 is 2.26 bits per heavy atom. The Hall–Kier alpha value is -1.53. The maximum absolute atomic E-state index is 13.4. The zero-order valence-corrected chi connectivity index (χ0v) is 12.1. The van der Waals surface area contributed by atoms with Gasteiger partial charge in [0.1, 0.15) is 10.8 Å². The molecule has 3 aromatic rings. The maximum Gasteiger partial charge on any atom is 0.178 e. The van der Waals surface area contributed by atoms with Gasteiger partial charge >= 0.3 is 0 Å². The number of aryl methyl sites for hydroxylation is 1. The number of H-pyrrole nitrogens is 1. The Bertz CT molecular complexity index is 800. The van der Waals surface area contributed by atoms with E-state index < -0.39 is 0 Å². The van der Waals surface area contributed by atoms with Crippen molar-refractivity contribution in [2.24, 2.45) is 0 Å². The van der Waals surface area contributed by atoms with E-state index >= 15 is 0 Å². The lowest BCUT2D eigenvalue weighted by Gasteiger charge is -2.11. The first-order valence-corrected chi connectivity index (χ1v) is 7.11. The van der Waals surface area contributed by atoms with Crippen molar-refractivity contribution >= 4 is 34.6 Å². The zero-order valence-electron chi connectivity index (χ0n) is 10.5. The van der Waals surface area contributed by atoms with Crippen molar-refractivity contribution in [2.75, 3.05) is 0 Å². The van der Waals surface area contributed by atoms with Crippen molar-refractivity contribution in [2.45, 2.75) is 19.9 Å². The van der Waals surface area contributed by atoms with Crippen molar-refractivity contribution in [3.05, 3.63) is 44.9 Å². The van der Waals surface area contributed by atoms with E-state index in [4.69, 9.17) is 12.2 Å². The molecule has 6 heteroatoms. The molecule has 3 rings (SSSR count). The third kappa shape index (κ3) is 2.11. The second kappa shape index (κ2) is 4.54. The van der Waals surface area contributed by atoms with Gasteiger partial charge in [-0.05, 0) is 44.3 Å². The van der Waals surface area contributed by atoms with Crippen LogP contribution in [0.5, 0.6) is 0 Å². The number of hydrogen-bond donors (Lipinski definition) is 1. The van der Waals surface area contributed by atoms with Crippen LogP contribution < -0.4 is 0 Å². The predicted octanol–water partition coefficient (Wildman–Crippen LogP) is 4.21. The molecule has 19 heavy (non-hydrogen) atoms. The molecule has 0 spiro atoms. The Labute approximate surface area is 118 Å². The normalized spacial score (nSPS) is 13.0. The minimum atomic E-state index is -0.266. The predicted molar refractivity (Wildman–Crippen MR) is 77.7 cm³/mol. The molecule has 0 aliphatic heterocycles. The summed E-state index contributed by atoms with van der Waals surface area (Å²) < 4.78 is 15.9. The second-order valence-electron chi connectivity index (χ2n) is 4.45. The van der Waals surface area contributed by atoms with Crippen molar-refractivity contribution in [1.82, 2.24) is 14.5 Å². The Balaban J connectivity index is 2.21. The van der Waals surface area contributed by atoms with Gasteiger partial charge in [0.15, 0.2) is 4.77 Å². The highest BCUT2D eigenvalue weighted by Gasteiger charge is 2.16. The van der Waals surface area contributed by atoms with E-state index in [9.17, 15) is 4.39 Å². The molecule has 1 N–H and O–H groups in total. The molecular formula is C13H12FN3S2. The lowest BCUT2D eigenvalue weighted by molar-refractivity contribution is 0.621. The first kappa shape index (κ1) is 12.5. The fourth-order valence-corrected chi connectivity index (χ4v) is 3.34. The van der Waals surface area contributed by atoms with E-state index in [0.29, 0.717) is 4.77 Å². The van der Waals surface area contributed by atoms with Gasteiger partial charge in [-0.25, -0.2) is 9.37 Å². The molecule has 98 valence electrons. The van der Waals surface area contributed by atoms with Gasteiger partial charge < -0.3 is 9.55 Å². The van der Waals surface area contributed by atoms with Crippen LogP contribution in [0.15, 0.2) is 24.4 Å². The first-order chi connectivity index (χ1) is 9.06. The van der Waals surface area contributed by atoms with Gasteiger partial charge in [-0.15, -0.1) is 11.3 Å². The van der Waals surface area contributed by atoms with E-state index in [-0.39, 0.29) is 11.9 Å². The van der Waals surface area contributed by atoms with Crippen molar-refractivity contribution in [3.8, 4) is 0 Å². The Morgan fingerprint density at radius 3 is 2.95 bits per heavy atom. The molecule has 0 saturated heterocycles. The second-order valence-corrected chi connectivity index (χ2v) is 6.10. The summed E-state index contributed by atoms with van der Waals surface area (Å²) in [6.45, 7) is 4.04. The van der Waals surface area contributed by atoms with Gasteiger partial charge in [0.2, 0.25) is 0 Å². The van der Waals surface area contributed by atoms with Gasteiger partial charge in [-0.3, -0.25) is 0 Å². The summed E-state index contributed by atoms with van der Waals surface area (Å²) in [7, 11) is 0. The van der Waals surface area contributed by atoms with Crippen LogP contribution in [0.2, 0.25) is 0 Å². The molecule has 0 aliphatic carbocycles. The minimum Gasteiger partial charge on any atom is -0.331 e. The number of benzene rings is 1. The summed E-state index contributed by atoms with van der Waals surface area (Å²) in [6.07, 6.45) is 1.84. The number of imidazole rings is 1. The molecule has 2 aromatic heterocycles. The van der Waals surface area contributed by atoms with Crippen molar-refractivity contribution in [1.29, 1.82) is 0 Å². The van der Waals surface area contributed by atoms with Gasteiger partial charge in [0, 0.05) is 11.1 Å². The molecule has 2 heterocycles. The molecule has 0 aliphatic rings. The largest absolute Gasteiger partial charge is 0.331 e. The van der Waals surface area contributed by atoms with E-state index in [2.05, 4.69) is 9.97 Å². The van der Waals surface area contributed by atoms with Crippen LogP contribution in [0.4, 0.5) is 4.39 Å². The van der Waals surface area contributed by atoms with E-state index in [1.54, 1.807) is 17.4 Å². The molecule has 1 aromatic carbocycles. The number of rotatable bonds is 2. The summed E-state index contributed by atoms with van der Waals surface area (Å²) in [5.41, 5.74) is 1.61. The highest BCUT2D eigenvalue weighted by Crippen LogP contribution is 2.27. The average molecular weight is 293 g/mol. The van der Waals surface area contributed by atoms with Crippen LogP contribution in [0, 0.1) is 17.5 Å². The van der Waals surface area contributed by atoms with Gasteiger partial charge in [0.05, 0.1) is 17.1 Å². The third-order valence-electron chi connectivity index (χ3n) is 3.06. The summed E-state index contributed by atoms with van der Waals surface area (Å²) in [4.78, 5) is 8.64. The van der Waals surface area contributed by atoms with Gasteiger partial charge in [-0.2, -0.15) is 0 Å². The molecular weight excluding hydrogens is 281 g/mol. The van der Waals surface area contributed by atoms with E-state index in [1.807, 2.05) is 24.6 Å². The quantitative estimate of drug-likeness (QED) is 0.718. The lowest BCUT2D eigenvalue weighted by Crippen LogP contribution is -2.06. The van der Waals surface area contributed by atoms with E-state index in [1.165, 1.54) is 12.1 Å². The van der Waals surface area contributed by atoms with Gasteiger partial charge in [0.25, 0.3) is 0 Å². The SMILES string of the molecule is Cc1cnc(C(C)n2c(=S)[nH]c3ccc(F)cc32)s1. The van der Waals surface area contributed by atoms with Crippen LogP contribution in [0.25, 0.3) is 11.0 Å². The van der Waals surface area contributed by atoms with Crippen molar-refractivity contribution in [3.63, 3.8) is 0 Å². The summed E-state index contributed by atoms with van der Waals surface area (Å²) in [5, 5.41) is 0.971. The smallest absolute Gasteiger partial charge is 0.178 e. The fourth-order valence-electron chi connectivity index (χ4n) is 2.15. The summed E-state index contributed by atoms with van der Waals surface area (Å²) in [5.74, 6) is -0.266. The van der Waals surface area contributed by atoms with Crippen LogP contribution in [0.1, 0.15) is 22.9 Å². The molecule has 3 nitrogen and oxygen atoms in total. The Morgan fingerprint density at radius 1 is 1.47 bits per heavy atom. The highest BCUT2D eigenvalue weighted by molar-refractivity contribution is 7.71. The highest BCUT2D eigenvalue weighted by atomic mass is 32.1. The number of thiazole rings is 1. The molecule has 1 atom stereocenters. The van der Waals surface area contributed by atoms with Crippen molar-refractivity contribution < 1.29 is 4.39 Å².